The monoisotopic (exact) mass is 259 g/mol. The minimum Gasteiger partial charge on any atom is -0.367 e. The largest absolute Gasteiger partial charge is 0.367 e. The SMILES string of the molecule is O=CN1CCC(N2CNc3ccccc3C2=O)CC1. The van der Waals surface area contributed by atoms with Crippen LogP contribution in [0.2, 0.25) is 0 Å². The Hall–Kier alpha value is -2.04. The molecule has 2 heterocycles. The summed E-state index contributed by atoms with van der Waals surface area (Å²) < 4.78 is 0. The number of rotatable bonds is 2. The zero-order chi connectivity index (χ0) is 13.2. The van der Waals surface area contributed by atoms with Crippen LogP contribution in [0.4, 0.5) is 5.69 Å². The van der Waals surface area contributed by atoms with E-state index in [4.69, 9.17) is 0 Å². The molecule has 1 N–H and O–H groups in total. The van der Waals surface area contributed by atoms with Gasteiger partial charge in [-0.25, -0.2) is 0 Å². The van der Waals surface area contributed by atoms with Crippen LogP contribution < -0.4 is 5.32 Å². The van der Waals surface area contributed by atoms with Gasteiger partial charge in [-0.15, -0.1) is 0 Å². The number of likely N-dealkylation sites (tertiary alicyclic amines) is 1. The predicted octanol–water partition coefficient (Wildman–Crippen LogP) is 1.13. The summed E-state index contributed by atoms with van der Waals surface area (Å²) in [6.45, 7) is 2.03. The first-order chi connectivity index (χ1) is 9.29. The summed E-state index contributed by atoms with van der Waals surface area (Å²) >= 11 is 0. The number of anilines is 1. The topological polar surface area (TPSA) is 52.7 Å². The van der Waals surface area contributed by atoms with Crippen LogP contribution in [0.25, 0.3) is 0 Å². The summed E-state index contributed by atoms with van der Waals surface area (Å²) in [7, 11) is 0. The molecule has 5 heteroatoms. The molecule has 1 aromatic carbocycles. The summed E-state index contributed by atoms with van der Waals surface area (Å²) in [5, 5.41) is 3.29. The standard InChI is InChI=1S/C14H17N3O2/c18-10-16-7-5-11(6-8-16)17-9-15-13-4-2-1-3-12(13)14(17)19/h1-4,10-11,15H,5-9H2. The summed E-state index contributed by atoms with van der Waals surface area (Å²) in [5.41, 5.74) is 1.65. The Balaban J connectivity index is 1.74. The molecule has 0 bridgehead atoms. The number of fused-ring (bicyclic) bond motifs is 1. The van der Waals surface area contributed by atoms with Gasteiger partial charge in [0.1, 0.15) is 0 Å². The highest BCUT2D eigenvalue weighted by molar-refractivity contribution is 6.01. The molecule has 0 aromatic heterocycles. The van der Waals surface area contributed by atoms with Gasteiger partial charge in [-0.05, 0) is 25.0 Å². The maximum absolute atomic E-state index is 12.5. The van der Waals surface area contributed by atoms with Crippen LogP contribution in [0.5, 0.6) is 0 Å². The van der Waals surface area contributed by atoms with Crippen molar-refractivity contribution in [3.63, 3.8) is 0 Å². The van der Waals surface area contributed by atoms with Crippen molar-refractivity contribution in [2.75, 3.05) is 25.1 Å². The smallest absolute Gasteiger partial charge is 0.257 e. The fourth-order valence-corrected chi connectivity index (χ4v) is 2.82. The maximum atomic E-state index is 12.5. The molecular formula is C14H17N3O2. The third-order valence-corrected chi connectivity index (χ3v) is 3.95. The van der Waals surface area contributed by atoms with Crippen LogP contribution in [-0.4, -0.2) is 47.9 Å². The van der Waals surface area contributed by atoms with E-state index in [9.17, 15) is 9.59 Å². The number of hydrogen-bond acceptors (Lipinski definition) is 3. The van der Waals surface area contributed by atoms with Gasteiger partial charge in [0.15, 0.2) is 0 Å². The molecule has 2 aliphatic heterocycles. The zero-order valence-corrected chi connectivity index (χ0v) is 10.7. The van der Waals surface area contributed by atoms with Crippen molar-refractivity contribution < 1.29 is 9.59 Å². The molecule has 2 amide bonds. The Kier molecular flexibility index (Phi) is 3.11. The van der Waals surface area contributed by atoms with E-state index in [-0.39, 0.29) is 11.9 Å². The molecule has 0 unspecified atom stereocenters. The van der Waals surface area contributed by atoms with Gasteiger partial charge < -0.3 is 15.1 Å². The Morgan fingerprint density at radius 3 is 2.68 bits per heavy atom. The van der Waals surface area contributed by atoms with Crippen LogP contribution >= 0.6 is 0 Å². The highest BCUT2D eigenvalue weighted by Crippen LogP contribution is 2.25. The van der Waals surface area contributed by atoms with Gasteiger partial charge >= 0.3 is 0 Å². The van der Waals surface area contributed by atoms with Gasteiger partial charge in [-0.2, -0.15) is 0 Å². The number of benzene rings is 1. The molecule has 0 saturated carbocycles. The highest BCUT2D eigenvalue weighted by atomic mass is 16.2. The van der Waals surface area contributed by atoms with Gasteiger partial charge in [-0.3, -0.25) is 9.59 Å². The molecule has 0 atom stereocenters. The first-order valence-electron chi connectivity index (χ1n) is 6.63. The molecule has 1 aromatic rings. The molecule has 100 valence electrons. The Labute approximate surface area is 112 Å². The molecule has 0 radical (unpaired) electrons. The van der Waals surface area contributed by atoms with Crippen LogP contribution in [0.3, 0.4) is 0 Å². The average Bonchev–Trinajstić information content (AvgIpc) is 2.48. The van der Waals surface area contributed by atoms with Crippen LogP contribution in [0.1, 0.15) is 23.2 Å². The van der Waals surface area contributed by atoms with Crippen molar-refractivity contribution >= 4 is 18.0 Å². The highest BCUT2D eigenvalue weighted by Gasteiger charge is 2.31. The summed E-state index contributed by atoms with van der Waals surface area (Å²) in [6.07, 6.45) is 2.60. The van der Waals surface area contributed by atoms with E-state index in [1.165, 1.54) is 0 Å². The maximum Gasteiger partial charge on any atom is 0.257 e. The molecule has 19 heavy (non-hydrogen) atoms. The summed E-state index contributed by atoms with van der Waals surface area (Å²) in [5.74, 6) is 0.0962. The second-order valence-corrected chi connectivity index (χ2v) is 5.03. The van der Waals surface area contributed by atoms with Gasteiger partial charge in [-0.1, -0.05) is 12.1 Å². The van der Waals surface area contributed by atoms with Gasteiger partial charge in [0.25, 0.3) is 5.91 Å². The number of carbonyl (C=O) groups excluding carboxylic acids is 2. The second-order valence-electron chi connectivity index (χ2n) is 5.03. The number of nitrogens with one attached hydrogen (secondary N) is 1. The Morgan fingerprint density at radius 1 is 1.21 bits per heavy atom. The quantitative estimate of drug-likeness (QED) is 0.810. The minimum absolute atomic E-state index is 0.0962. The Morgan fingerprint density at radius 2 is 1.95 bits per heavy atom. The van der Waals surface area contributed by atoms with Gasteiger partial charge in [0, 0.05) is 24.8 Å². The average molecular weight is 259 g/mol. The zero-order valence-electron chi connectivity index (χ0n) is 10.7. The fraction of sp³-hybridized carbons (Fsp3) is 0.429. The lowest BCUT2D eigenvalue weighted by Gasteiger charge is -2.39. The van der Waals surface area contributed by atoms with Crippen LogP contribution in [-0.2, 0) is 4.79 Å². The van der Waals surface area contributed by atoms with Crippen molar-refractivity contribution in [3.8, 4) is 0 Å². The van der Waals surface area contributed by atoms with E-state index < -0.39 is 0 Å². The number of nitrogens with zero attached hydrogens (tertiary/aromatic N) is 2. The lowest BCUT2D eigenvalue weighted by molar-refractivity contribution is -0.119. The number of hydrogen-bond donors (Lipinski definition) is 1. The van der Waals surface area contributed by atoms with Crippen molar-refractivity contribution in [2.45, 2.75) is 18.9 Å². The second kappa shape index (κ2) is 4.91. The molecule has 1 saturated heterocycles. The van der Waals surface area contributed by atoms with E-state index in [1.807, 2.05) is 29.2 Å². The number of piperidine rings is 1. The number of para-hydroxylation sites is 1. The fourth-order valence-electron chi connectivity index (χ4n) is 2.82. The van der Waals surface area contributed by atoms with Crippen molar-refractivity contribution in [3.05, 3.63) is 29.8 Å². The van der Waals surface area contributed by atoms with E-state index in [1.54, 1.807) is 4.90 Å². The third kappa shape index (κ3) is 2.16. The first-order valence-corrected chi connectivity index (χ1v) is 6.63. The normalized spacial score (nSPS) is 19.9. The molecule has 0 spiro atoms. The van der Waals surface area contributed by atoms with Crippen LogP contribution in [0.15, 0.2) is 24.3 Å². The number of carbonyl (C=O) groups is 2. The lowest BCUT2D eigenvalue weighted by atomic mass is 10.0. The van der Waals surface area contributed by atoms with E-state index >= 15 is 0 Å². The minimum atomic E-state index is 0.0962. The first kappa shape index (κ1) is 12.0. The van der Waals surface area contributed by atoms with Gasteiger partial charge in [0.05, 0.1) is 12.2 Å². The van der Waals surface area contributed by atoms with Crippen molar-refractivity contribution in [2.24, 2.45) is 0 Å². The molecular weight excluding hydrogens is 242 g/mol. The molecule has 0 aliphatic carbocycles. The van der Waals surface area contributed by atoms with Crippen molar-refractivity contribution in [1.82, 2.24) is 9.80 Å². The lowest BCUT2D eigenvalue weighted by Crippen LogP contribution is -2.50. The van der Waals surface area contributed by atoms with Crippen molar-refractivity contribution in [1.29, 1.82) is 0 Å². The summed E-state index contributed by atoms with van der Waals surface area (Å²) in [4.78, 5) is 26.8. The van der Waals surface area contributed by atoms with E-state index in [2.05, 4.69) is 5.32 Å². The number of amides is 2. The third-order valence-electron chi connectivity index (χ3n) is 3.95. The molecule has 2 aliphatic rings. The summed E-state index contributed by atoms with van der Waals surface area (Å²) in [6, 6.07) is 7.83. The van der Waals surface area contributed by atoms with E-state index in [0.29, 0.717) is 6.67 Å². The predicted molar refractivity (Wildman–Crippen MR) is 71.8 cm³/mol. The molecule has 5 nitrogen and oxygen atoms in total. The molecule has 1 fully saturated rings. The Bertz CT molecular complexity index is 495. The molecule has 3 rings (SSSR count). The van der Waals surface area contributed by atoms with E-state index in [0.717, 1.165) is 43.6 Å². The van der Waals surface area contributed by atoms with Gasteiger partial charge in [0.2, 0.25) is 6.41 Å². The van der Waals surface area contributed by atoms with Crippen LogP contribution in [0, 0.1) is 0 Å².